The van der Waals surface area contributed by atoms with Gasteiger partial charge in [-0.15, -0.1) is 0 Å². The summed E-state index contributed by atoms with van der Waals surface area (Å²) < 4.78 is 0. The summed E-state index contributed by atoms with van der Waals surface area (Å²) in [6.07, 6.45) is 0. The summed E-state index contributed by atoms with van der Waals surface area (Å²) in [4.78, 5) is 0. The average Bonchev–Trinajstić information content (AvgIpc) is 2.16. The van der Waals surface area contributed by atoms with E-state index in [-0.39, 0.29) is 5.54 Å². The van der Waals surface area contributed by atoms with Crippen molar-refractivity contribution in [3.05, 3.63) is 34.4 Å². The molecule has 1 aromatic carbocycles. The minimum Gasteiger partial charge on any atom is -0.324 e. The van der Waals surface area contributed by atoms with Gasteiger partial charge in [0, 0.05) is 18.6 Å². The van der Waals surface area contributed by atoms with Crippen LogP contribution in [0, 0.1) is 20.8 Å². The van der Waals surface area contributed by atoms with Gasteiger partial charge in [0.2, 0.25) is 0 Å². The van der Waals surface area contributed by atoms with Gasteiger partial charge in [-0.2, -0.15) is 0 Å². The number of rotatable bonds is 4. The van der Waals surface area contributed by atoms with Crippen molar-refractivity contribution in [1.29, 1.82) is 0 Å². The van der Waals surface area contributed by atoms with Crippen LogP contribution in [0.4, 0.5) is 0 Å². The standard InChI is InChI=1S/C14H24N2/c1-10-6-7-13(12(3)11(10)2)8-16-9-14(4,5)15/h6-7,16H,8-9,15H2,1-5H3. The minimum atomic E-state index is -0.145. The number of benzene rings is 1. The molecule has 0 aliphatic rings. The van der Waals surface area contributed by atoms with E-state index in [0.29, 0.717) is 0 Å². The van der Waals surface area contributed by atoms with Gasteiger partial charge in [-0.1, -0.05) is 12.1 Å². The van der Waals surface area contributed by atoms with Gasteiger partial charge >= 0.3 is 0 Å². The molecule has 0 aromatic heterocycles. The Labute approximate surface area is 99.2 Å². The van der Waals surface area contributed by atoms with E-state index in [1.165, 1.54) is 22.3 Å². The lowest BCUT2D eigenvalue weighted by atomic mass is 9.98. The van der Waals surface area contributed by atoms with Crippen LogP contribution in [0.5, 0.6) is 0 Å². The summed E-state index contributed by atoms with van der Waals surface area (Å²) in [7, 11) is 0. The van der Waals surface area contributed by atoms with Crippen LogP contribution < -0.4 is 11.1 Å². The molecule has 1 rings (SSSR count). The van der Waals surface area contributed by atoms with Crippen LogP contribution in [0.3, 0.4) is 0 Å². The zero-order chi connectivity index (χ0) is 12.3. The molecule has 3 N–H and O–H groups in total. The van der Waals surface area contributed by atoms with Gasteiger partial charge in [0.1, 0.15) is 0 Å². The first-order valence-electron chi connectivity index (χ1n) is 5.86. The van der Waals surface area contributed by atoms with Crippen molar-refractivity contribution in [3.8, 4) is 0 Å². The van der Waals surface area contributed by atoms with Crippen LogP contribution in [0.2, 0.25) is 0 Å². The lowest BCUT2D eigenvalue weighted by Gasteiger charge is -2.20. The fourth-order valence-corrected chi connectivity index (χ4v) is 1.72. The van der Waals surface area contributed by atoms with Crippen LogP contribution in [0.1, 0.15) is 36.1 Å². The van der Waals surface area contributed by atoms with E-state index in [1.54, 1.807) is 0 Å². The van der Waals surface area contributed by atoms with Gasteiger partial charge in [-0.05, 0) is 56.9 Å². The first-order chi connectivity index (χ1) is 7.31. The number of hydrogen-bond acceptors (Lipinski definition) is 2. The Bertz CT molecular complexity index is 362. The monoisotopic (exact) mass is 220 g/mol. The van der Waals surface area contributed by atoms with E-state index in [2.05, 4.69) is 38.2 Å². The number of nitrogens with two attached hydrogens (primary N) is 1. The summed E-state index contributed by atoms with van der Waals surface area (Å²) in [6, 6.07) is 4.39. The number of aryl methyl sites for hydroxylation is 1. The molecule has 0 bridgehead atoms. The molecule has 0 saturated heterocycles. The molecule has 0 radical (unpaired) electrons. The molecule has 2 nitrogen and oxygen atoms in total. The molecule has 0 amide bonds. The molecule has 0 saturated carbocycles. The van der Waals surface area contributed by atoms with E-state index in [9.17, 15) is 0 Å². The first-order valence-corrected chi connectivity index (χ1v) is 5.86. The third kappa shape index (κ3) is 3.62. The lowest BCUT2D eigenvalue weighted by molar-refractivity contribution is 0.466. The summed E-state index contributed by atoms with van der Waals surface area (Å²) >= 11 is 0. The van der Waals surface area contributed by atoms with Crippen LogP contribution in [-0.4, -0.2) is 12.1 Å². The molecule has 0 spiro atoms. The average molecular weight is 220 g/mol. The molecular weight excluding hydrogens is 196 g/mol. The summed E-state index contributed by atoms with van der Waals surface area (Å²) in [5.41, 5.74) is 11.3. The van der Waals surface area contributed by atoms with Crippen LogP contribution in [-0.2, 0) is 6.54 Å². The Morgan fingerprint density at radius 2 is 1.75 bits per heavy atom. The smallest absolute Gasteiger partial charge is 0.0223 e. The van der Waals surface area contributed by atoms with E-state index < -0.39 is 0 Å². The van der Waals surface area contributed by atoms with Crippen LogP contribution in [0.25, 0.3) is 0 Å². The summed E-state index contributed by atoms with van der Waals surface area (Å²) in [5.74, 6) is 0. The predicted octanol–water partition coefficient (Wildman–Crippen LogP) is 2.44. The molecule has 0 aliphatic carbocycles. The first kappa shape index (κ1) is 13.2. The molecular formula is C14H24N2. The summed E-state index contributed by atoms with van der Waals surface area (Å²) in [5, 5.41) is 3.40. The van der Waals surface area contributed by atoms with Gasteiger partial charge in [-0.3, -0.25) is 0 Å². The van der Waals surface area contributed by atoms with E-state index in [4.69, 9.17) is 5.73 Å². The molecule has 2 heteroatoms. The van der Waals surface area contributed by atoms with Gasteiger partial charge < -0.3 is 11.1 Å². The van der Waals surface area contributed by atoms with E-state index in [0.717, 1.165) is 13.1 Å². The Balaban J connectivity index is 2.65. The molecule has 0 aliphatic heterocycles. The van der Waals surface area contributed by atoms with Gasteiger partial charge in [-0.25, -0.2) is 0 Å². The third-order valence-electron chi connectivity index (χ3n) is 3.07. The fraction of sp³-hybridized carbons (Fsp3) is 0.571. The zero-order valence-corrected chi connectivity index (χ0v) is 11.1. The van der Waals surface area contributed by atoms with Crippen LogP contribution >= 0.6 is 0 Å². The fourth-order valence-electron chi connectivity index (χ4n) is 1.72. The normalized spacial score (nSPS) is 11.9. The predicted molar refractivity (Wildman–Crippen MR) is 70.6 cm³/mol. The van der Waals surface area contributed by atoms with Crippen molar-refractivity contribution in [3.63, 3.8) is 0 Å². The highest BCUT2D eigenvalue weighted by Gasteiger charge is 2.10. The molecule has 0 atom stereocenters. The Morgan fingerprint density at radius 3 is 2.31 bits per heavy atom. The van der Waals surface area contributed by atoms with Gasteiger partial charge in [0.05, 0.1) is 0 Å². The van der Waals surface area contributed by atoms with Crippen molar-refractivity contribution in [2.45, 2.75) is 46.7 Å². The maximum atomic E-state index is 5.93. The third-order valence-corrected chi connectivity index (χ3v) is 3.07. The Kier molecular flexibility index (Phi) is 4.11. The van der Waals surface area contributed by atoms with Gasteiger partial charge in [0.25, 0.3) is 0 Å². The topological polar surface area (TPSA) is 38.0 Å². The van der Waals surface area contributed by atoms with Crippen molar-refractivity contribution in [2.75, 3.05) is 6.54 Å². The molecule has 0 unspecified atom stereocenters. The van der Waals surface area contributed by atoms with Crippen molar-refractivity contribution in [2.24, 2.45) is 5.73 Å². The minimum absolute atomic E-state index is 0.145. The SMILES string of the molecule is Cc1ccc(CNCC(C)(C)N)c(C)c1C. The largest absolute Gasteiger partial charge is 0.324 e. The van der Waals surface area contributed by atoms with Gasteiger partial charge in [0.15, 0.2) is 0 Å². The Morgan fingerprint density at radius 1 is 1.12 bits per heavy atom. The molecule has 0 heterocycles. The quantitative estimate of drug-likeness (QED) is 0.818. The number of hydrogen-bond donors (Lipinski definition) is 2. The molecule has 90 valence electrons. The van der Waals surface area contributed by atoms with E-state index >= 15 is 0 Å². The Hall–Kier alpha value is -0.860. The van der Waals surface area contributed by atoms with E-state index in [1.807, 2.05) is 13.8 Å². The maximum Gasteiger partial charge on any atom is 0.0223 e. The van der Waals surface area contributed by atoms with Crippen molar-refractivity contribution in [1.82, 2.24) is 5.32 Å². The zero-order valence-electron chi connectivity index (χ0n) is 11.1. The second-order valence-electron chi connectivity index (χ2n) is 5.38. The molecule has 0 fully saturated rings. The van der Waals surface area contributed by atoms with Crippen molar-refractivity contribution >= 4 is 0 Å². The molecule has 1 aromatic rings. The van der Waals surface area contributed by atoms with Crippen molar-refractivity contribution < 1.29 is 0 Å². The molecule has 16 heavy (non-hydrogen) atoms. The highest BCUT2D eigenvalue weighted by Crippen LogP contribution is 2.16. The number of nitrogens with one attached hydrogen (secondary N) is 1. The second-order valence-corrected chi connectivity index (χ2v) is 5.38. The summed E-state index contributed by atoms with van der Waals surface area (Å²) in [6.45, 7) is 12.3. The highest BCUT2D eigenvalue weighted by molar-refractivity contribution is 5.38. The lowest BCUT2D eigenvalue weighted by Crippen LogP contribution is -2.42. The van der Waals surface area contributed by atoms with Crippen LogP contribution in [0.15, 0.2) is 12.1 Å². The highest BCUT2D eigenvalue weighted by atomic mass is 14.9. The maximum absolute atomic E-state index is 5.93. The second kappa shape index (κ2) is 4.98.